The minimum Gasteiger partial charge on any atom is -0.434 e. The van der Waals surface area contributed by atoms with Crippen molar-refractivity contribution in [2.75, 3.05) is 23.7 Å². The minimum atomic E-state index is -2.90. The molecule has 7 rings (SSSR count). The van der Waals surface area contributed by atoms with Gasteiger partial charge in [-0.25, -0.2) is 4.98 Å². The van der Waals surface area contributed by atoms with Crippen molar-refractivity contribution in [1.29, 1.82) is 5.26 Å². The second-order valence-corrected chi connectivity index (χ2v) is 13.6. The molecule has 5 aliphatic rings. The number of hydrogen-bond acceptors (Lipinski definition) is 8. The summed E-state index contributed by atoms with van der Waals surface area (Å²) in [6.07, 6.45) is 11.7. The Balaban J connectivity index is 1.07. The van der Waals surface area contributed by atoms with Crippen LogP contribution < -0.4 is 20.7 Å². The Bertz CT molecular complexity index is 1270. The molecule has 10 heteroatoms. The summed E-state index contributed by atoms with van der Waals surface area (Å²) in [4.78, 5) is 8.87. The lowest BCUT2D eigenvalue weighted by Gasteiger charge is -2.60. The molecule has 1 heterocycles. The first-order valence-electron chi connectivity index (χ1n) is 15.4. The summed E-state index contributed by atoms with van der Waals surface area (Å²) in [5.74, 6) is 3.72. The highest BCUT2D eigenvalue weighted by molar-refractivity contribution is 5.53. The van der Waals surface area contributed by atoms with Crippen molar-refractivity contribution < 1.29 is 18.6 Å². The van der Waals surface area contributed by atoms with Crippen molar-refractivity contribution in [3.63, 3.8) is 0 Å². The van der Waals surface area contributed by atoms with Gasteiger partial charge in [0.2, 0.25) is 5.95 Å². The maximum atomic E-state index is 12.8. The number of hydrogen-bond donors (Lipinski definition) is 4. The summed E-state index contributed by atoms with van der Waals surface area (Å²) < 4.78 is 30.2. The minimum absolute atomic E-state index is 0.105. The zero-order chi connectivity index (χ0) is 29.3. The van der Waals surface area contributed by atoms with Crippen molar-refractivity contribution in [3.8, 4) is 11.8 Å². The summed E-state index contributed by atoms with van der Waals surface area (Å²) in [5, 5.41) is 30.6. The molecule has 0 aliphatic heterocycles. The van der Waals surface area contributed by atoms with Crippen LogP contribution in [0, 0.1) is 40.4 Å². The standard InChI is InChI=1S/C32H42F2N6O2/c1-31(41)8-6-20(7-9-31)16-36-27-23-10-21-11-24(27)14-32(12-21,13-23)19-39-28-25(15-35)18-38-30(40-28)37-17-22-4-2-3-5-26(22)42-29(33)34/h2-5,18,20-21,23-24,27,29,36,41H,6-14,16-17,19H2,1H3,(H2,37,38,39,40)/t20?,21?,23-,24+,27?,31?,32?. The molecule has 5 fully saturated rings. The topological polar surface area (TPSA) is 115 Å². The van der Waals surface area contributed by atoms with E-state index in [1.165, 1.54) is 44.4 Å². The van der Waals surface area contributed by atoms with Crippen LogP contribution in [0.1, 0.15) is 75.8 Å². The molecule has 8 nitrogen and oxygen atoms in total. The van der Waals surface area contributed by atoms with E-state index in [0.29, 0.717) is 46.7 Å². The average Bonchev–Trinajstić information content (AvgIpc) is 2.95. The fraction of sp³-hybridized carbons (Fsp3) is 0.656. The van der Waals surface area contributed by atoms with Crippen molar-refractivity contribution in [1.82, 2.24) is 15.3 Å². The van der Waals surface area contributed by atoms with Gasteiger partial charge in [-0.1, -0.05) is 18.2 Å². The molecule has 4 bridgehead atoms. The maximum absolute atomic E-state index is 12.8. The third-order valence-electron chi connectivity index (χ3n) is 10.4. The third-order valence-corrected chi connectivity index (χ3v) is 10.4. The van der Waals surface area contributed by atoms with Crippen LogP contribution in [-0.2, 0) is 6.54 Å². The van der Waals surface area contributed by atoms with Crippen molar-refractivity contribution >= 4 is 11.8 Å². The Kier molecular flexibility index (Phi) is 8.25. The van der Waals surface area contributed by atoms with Crippen LogP contribution in [-0.4, -0.2) is 46.4 Å². The first-order valence-corrected chi connectivity index (χ1v) is 15.4. The Hall–Kier alpha value is -3.03. The molecule has 226 valence electrons. The lowest BCUT2D eigenvalue weighted by Crippen LogP contribution is -2.60. The summed E-state index contributed by atoms with van der Waals surface area (Å²) in [7, 11) is 0. The molecule has 0 amide bonds. The monoisotopic (exact) mass is 580 g/mol. The summed E-state index contributed by atoms with van der Waals surface area (Å²) in [6.45, 7) is 1.11. The molecule has 4 N–H and O–H groups in total. The fourth-order valence-corrected chi connectivity index (χ4v) is 8.54. The average molecular weight is 581 g/mol. The number of nitriles is 1. The van der Waals surface area contributed by atoms with Gasteiger partial charge in [0.25, 0.3) is 0 Å². The van der Waals surface area contributed by atoms with Gasteiger partial charge in [0.1, 0.15) is 23.2 Å². The first kappa shape index (κ1) is 29.1. The number of para-hydroxylation sites is 1. The predicted molar refractivity (Wildman–Crippen MR) is 156 cm³/mol. The number of rotatable bonds is 11. The van der Waals surface area contributed by atoms with Crippen molar-refractivity contribution in [2.45, 2.75) is 89.5 Å². The molecule has 42 heavy (non-hydrogen) atoms. The van der Waals surface area contributed by atoms with Crippen LogP contribution in [0.25, 0.3) is 0 Å². The lowest BCUT2D eigenvalue weighted by molar-refractivity contribution is -0.0711. The maximum Gasteiger partial charge on any atom is 0.387 e. The van der Waals surface area contributed by atoms with E-state index in [4.69, 9.17) is 0 Å². The quantitative estimate of drug-likeness (QED) is 0.268. The number of nitrogens with one attached hydrogen (secondary N) is 3. The Labute approximate surface area is 246 Å². The van der Waals surface area contributed by atoms with Crippen LogP contribution in [0.15, 0.2) is 30.5 Å². The Morgan fingerprint density at radius 2 is 1.86 bits per heavy atom. The molecule has 5 aliphatic carbocycles. The molecule has 5 saturated carbocycles. The second kappa shape index (κ2) is 11.9. The van der Waals surface area contributed by atoms with Gasteiger partial charge in [0, 0.05) is 24.7 Å². The van der Waals surface area contributed by atoms with Crippen LogP contribution in [0.2, 0.25) is 0 Å². The molecule has 0 spiro atoms. The van der Waals surface area contributed by atoms with E-state index < -0.39 is 12.2 Å². The number of ether oxygens (including phenoxy) is 1. The van der Waals surface area contributed by atoms with Gasteiger partial charge in [0.05, 0.1) is 11.8 Å². The van der Waals surface area contributed by atoms with E-state index in [-0.39, 0.29) is 17.7 Å². The third kappa shape index (κ3) is 6.47. The highest BCUT2D eigenvalue weighted by Crippen LogP contribution is 2.60. The van der Waals surface area contributed by atoms with Crippen LogP contribution in [0.3, 0.4) is 0 Å². The zero-order valence-electron chi connectivity index (χ0n) is 24.3. The van der Waals surface area contributed by atoms with E-state index >= 15 is 0 Å². The van der Waals surface area contributed by atoms with Crippen LogP contribution in [0.4, 0.5) is 20.5 Å². The molecule has 3 unspecified atom stereocenters. The highest BCUT2D eigenvalue weighted by atomic mass is 19.3. The first-order chi connectivity index (χ1) is 20.2. The van der Waals surface area contributed by atoms with Crippen LogP contribution in [0.5, 0.6) is 5.75 Å². The molecular weight excluding hydrogens is 538 g/mol. The largest absolute Gasteiger partial charge is 0.434 e. The summed E-state index contributed by atoms with van der Waals surface area (Å²) >= 11 is 0. The SMILES string of the molecule is CC1(O)CCC(CNC2[C@@H]3CC4C[C@H]2CC(CNc2nc(NCc5ccccc5OC(F)F)ncc2C#N)(C4)C3)CC1. The number of benzene rings is 1. The van der Waals surface area contributed by atoms with Gasteiger partial charge >= 0.3 is 6.61 Å². The van der Waals surface area contributed by atoms with Gasteiger partial charge in [-0.05, 0) is 106 Å². The fourth-order valence-electron chi connectivity index (χ4n) is 8.54. The number of anilines is 2. The van der Waals surface area contributed by atoms with Gasteiger partial charge in [-0.3, -0.25) is 0 Å². The van der Waals surface area contributed by atoms with Crippen LogP contribution >= 0.6 is 0 Å². The van der Waals surface area contributed by atoms with E-state index in [0.717, 1.165) is 44.7 Å². The number of aromatic nitrogens is 2. The molecule has 5 atom stereocenters. The van der Waals surface area contributed by atoms with Gasteiger partial charge in [-0.15, -0.1) is 0 Å². The smallest absolute Gasteiger partial charge is 0.387 e. The Morgan fingerprint density at radius 3 is 2.57 bits per heavy atom. The summed E-state index contributed by atoms with van der Waals surface area (Å²) in [5.41, 5.74) is 0.668. The zero-order valence-corrected chi connectivity index (χ0v) is 24.3. The van der Waals surface area contributed by atoms with E-state index in [1.807, 2.05) is 6.92 Å². The molecule has 0 saturated heterocycles. The van der Waals surface area contributed by atoms with E-state index in [1.54, 1.807) is 18.2 Å². The predicted octanol–water partition coefficient (Wildman–Crippen LogP) is 5.70. The second-order valence-electron chi connectivity index (χ2n) is 13.6. The molecule has 1 aromatic heterocycles. The number of alkyl halides is 2. The Morgan fingerprint density at radius 1 is 1.12 bits per heavy atom. The normalized spacial score (nSPS) is 33.4. The summed E-state index contributed by atoms with van der Waals surface area (Å²) in [6, 6.07) is 9.40. The van der Waals surface area contributed by atoms with Crippen molar-refractivity contribution in [3.05, 3.63) is 41.6 Å². The molecule has 2 aromatic rings. The lowest BCUT2D eigenvalue weighted by atomic mass is 9.48. The van der Waals surface area contributed by atoms with Gasteiger partial charge < -0.3 is 25.8 Å². The molecule has 1 aromatic carbocycles. The number of aliphatic hydroxyl groups is 1. The van der Waals surface area contributed by atoms with E-state index in [2.05, 4.69) is 36.7 Å². The van der Waals surface area contributed by atoms with Crippen molar-refractivity contribution in [2.24, 2.45) is 29.1 Å². The van der Waals surface area contributed by atoms with Gasteiger partial charge in [0.15, 0.2) is 0 Å². The number of nitrogens with zero attached hydrogens (tertiary/aromatic N) is 3. The van der Waals surface area contributed by atoms with E-state index in [9.17, 15) is 19.1 Å². The molecule has 0 radical (unpaired) electrons. The molecular formula is C32H42F2N6O2. The number of halogens is 2. The highest BCUT2D eigenvalue weighted by Gasteiger charge is 2.55. The van der Waals surface area contributed by atoms with Gasteiger partial charge in [-0.2, -0.15) is 19.0 Å².